The van der Waals surface area contributed by atoms with Crippen LogP contribution in [0.1, 0.15) is 26.5 Å². The number of aliphatic carboxylic acids is 1. The molecule has 2 atom stereocenters. The number of thiazole rings is 1. The van der Waals surface area contributed by atoms with E-state index in [1.165, 1.54) is 33.6 Å². The number of nitrogen functional groups attached to an aromatic ring is 1. The molecular weight excluding hydrogens is 611 g/mol. The normalized spacial score (nSPS) is 18.7. The fourth-order valence-corrected chi connectivity index (χ4v) is 6.73. The number of carboxylic acid groups (broad SMARTS) is 1. The van der Waals surface area contributed by atoms with Crippen LogP contribution in [-0.4, -0.2) is 99.8 Å². The highest BCUT2D eigenvalue weighted by Crippen LogP contribution is 2.41. The molecule has 0 bridgehead atoms. The Kier molecular flexibility index (Phi) is 9.52. The zero-order valence-electron chi connectivity index (χ0n) is 22.7. The minimum Gasteiger partial charge on any atom is -0.477 e. The molecule has 0 spiro atoms. The lowest BCUT2D eigenvalue weighted by molar-refractivity contribution is -0.160. The minimum absolute atomic E-state index is 0.0725. The molecule has 19 heteroatoms. The van der Waals surface area contributed by atoms with Crippen molar-refractivity contribution in [2.75, 3.05) is 23.8 Å². The molecule has 42 heavy (non-hydrogen) atoms. The first-order chi connectivity index (χ1) is 19.9. The molecule has 4 N–H and O–H groups in total. The summed E-state index contributed by atoms with van der Waals surface area (Å²) in [7, 11) is 0. The van der Waals surface area contributed by atoms with Crippen LogP contribution in [0, 0.1) is 0 Å². The number of carbonyl (C=O) groups excluding carboxylic acids is 3. The summed E-state index contributed by atoms with van der Waals surface area (Å²) in [6, 6.07) is -1.04. The van der Waals surface area contributed by atoms with Gasteiger partial charge in [-0.1, -0.05) is 23.0 Å². The van der Waals surface area contributed by atoms with Crippen molar-refractivity contribution in [3.8, 4) is 0 Å². The Bertz CT molecular complexity index is 1460. The van der Waals surface area contributed by atoms with Crippen LogP contribution in [0.5, 0.6) is 0 Å². The maximum Gasteiger partial charge on any atom is 0.352 e. The summed E-state index contributed by atoms with van der Waals surface area (Å²) in [4.78, 5) is 60.8. The Morgan fingerprint density at radius 2 is 2.14 bits per heavy atom. The van der Waals surface area contributed by atoms with Gasteiger partial charge in [0, 0.05) is 16.9 Å². The molecule has 1 unspecified atom stereocenters. The standard InChI is InChI=1S/C23H27N9O7S3/c1-5-6-31-22(27-29-30-31)42-9-11-8-40-19-15(18(35)32(19)16(11)20(36)37)26-17(34)14(12-10-41-21(24)25-12)28-38-7-13(33)39-23(2,3)4/h5,10,15,19H,1,6-9H2,2-4H3,(H2,24,25)(H,26,34)(H,36,37)/t15?,19-/m0/s1. The molecule has 4 heterocycles. The van der Waals surface area contributed by atoms with Crippen molar-refractivity contribution < 1.29 is 33.9 Å². The van der Waals surface area contributed by atoms with Crippen LogP contribution in [0.4, 0.5) is 5.13 Å². The summed E-state index contributed by atoms with van der Waals surface area (Å²) in [6.45, 7) is 8.53. The molecule has 16 nitrogen and oxygen atoms in total. The molecule has 2 aromatic heterocycles. The maximum atomic E-state index is 13.2. The van der Waals surface area contributed by atoms with Crippen molar-refractivity contribution in [3.05, 3.63) is 35.0 Å². The fraction of sp³-hybridized carbons (Fsp3) is 0.435. The Morgan fingerprint density at radius 3 is 2.79 bits per heavy atom. The van der Waals surface area contributed by atoms with Crippen LogP contribution in [0.2, 0.25) is 0 Å². The van der Waals surface area contributed by atoms with E-state index in [1.54, 1.807) is 26.8 Å². The van der Waals surface area contributed by atoms with Crippen LogP contribution in [0.25, 0.3) is 0 Å². The number of carboxylic acids is 1. The van der Waals surface area contributed by atoms with Crippen LogP contribution in [0.15, 0.2) is 39.6 Å². The molecule has 2 amide bonds. The number of esters is 1. The molecule has 0 radical (unpaired) electrons. The Balaban J connectivity index is 1.46. The van der Waals surface area contributed by atoms with E-state index in [4.69, 9.17) is 15.3 Å². The summed E-state index contributed by atoms with van der Waals surface area (Å²) in [5, 5.41) is 29.2. The number of tetrazole rings is 1. The third-order valence-corrected chi connectivity index (χ3v) is 8.51. The van der Waals surface area contributed by atoms with Crippen LogP contribution in [0.3, 0.4) is 0 Å². The number of anilines is 1. The number of nitrogens with one attached hydrogen (secondary N) is 1. The number of β-lactam (4-membered cyclic amide) rings is 1. The summed E-state index contributed by atoms with van der Waals surface area (Å²) >= 11 is 3.59. The van der Waals surface area contributed by atoms with E-state index in [-0.39, 0.29) is 28.0 Å². The number of fused-ring (bicyclic) bond motifs is 1. The molecule has 0 saturated carbocycles. The third kappa shape index (κ3) is 7.08. The number of thioether (sulfide) groups is 2. The molecular formula is C23H27N9O7S3. The number of carbonyl (C=O) groups is 4. The number of ether oxygens (including phenoxy) is 1. The van der Waals surface area contributed by atoms with Gasteiger partial charge in [-0.05, 0) is 36.8 Å². The maximum absolute atomic E-state index is 13.2. The molecule has 2 aliphatic heterocycles. The highest BCUT2D eigenvalue weighted by molar-refractivity contribution is 8.01. The van der Waals surface area contributed by atoms with Gasteiger partial charge in [-0.25, -0.2) is 19.3 Å². The number of hydrogen-bond acceptors (Lipinski definition) is 15. The van der Waals surface area contributed by atoms with Crippen molar-refractivity contribution in [2.24, 2.45) is 5.16 Å². The molecule has 4 rings (SSSR count). The summed E-state index contributed by atoms with van der Waals surface area (Å²) < 4.78 is 6.68. The molecule has 0 aromatic carbocycles. The van der Waals surface area contributed by atoms with Gasteiger partial charge in [0.25, 0.3) is 11.8 Å². The van der Waals surface area contributed by atoms with Gasteiger partial charge in [0.1, 0.15) is 28.4 Å². The second-order valence-electron chi connectivity index (χ2n) is 9.71. The smallest absolute Gasteiger partial charge is 0.352 e. The zero-order chi connectivity index (χ0) is 30.6. The summed E-state index contributed by atoms with van der Waals surface area (Å²) in [5.74, 6) is -2.87. The van der Waals surface area contributed by atoms with Crippen LogP contribution < -0.4 is 11.1 Å². The number of oxime groups is 1. The molecule has 2 aromatic rings. The van der Waals surface area contributed by atoms with Crippen molar-refractivity contribution >= 4 is 69.5 Å². The third-order valence-electron chi connectivity index (χ3n) is 5.45. The van der Waals surface area contributed by atoms with Crippen molar-refractivity contribution in [3.63, 3.8) is 0 Å². The minimum atomic E-state index is -1.27. The molecule has 2 aliphatic rings. The molecule has 1 saturated heterocycles. The van der Waals surface area contributed by atoms with Crippen molar-refractivity contribution in [1.29, 1.82) is 0 Å². The number of hydrogen-bond donors (Lipinski definition) is 3. The topological polar surface area (TPSA) is 217 Å². The molecule has 1 fully saturated rings. The van der Waals surface area contributed by atoms with Crippen molar-refractivity contribution in [1.82, 2.24) is 35.4 Å². The van der Waals surface area contributed by atoms with Gasteiger partial charge in [0.15, 0.2) is 10.8 Å². The van der Waals surface area contributed by atoms with E-state index in [0.717, 1.165) is 16.2 Å². The zero-order valence-corrected chi connectivity index (χ0v) is 25.1. The number of aromatic nitrogens is 5. The second-order valence-corrected chi connectivity index (χ2v) is 12.6. The number of nitrogens with two attached hydrogens (primary N) is 1. The second kappa shape index (κ2) is 12.9. The van der Waals surface area contributed by atoms with Crippen molar-refractivity contribution in [2.45, 2.75) is 49.5 Å². The monoisotopic (exact) mass is 637 g/mol. The van der Waals surface area contributed by atoms with Crippen LogP contribution >= 0.6 is 34.9 Å². The lowest BCUT2D eigenvalue weighted by Gasteiger charge is -2.49. The number of rotatable bonds is 12. The summed E-state index contributed by atoms with van der Waals surface area (Å²) in [6.07, 6.45) is 1.63. The lowest BCUT2D eigenvalue weighted by Crippen LogP contribution is -2.71. The van der Waals surface area contributed by atoms with Gasteiger partial charge < -0.3 is 25.7 Å². The highest BCUT2D eigenvalue weighted by Gasteiger charge is 2.54. The van der Waals surface area contributed by atoms with E-state index in [1.807, 2.05) is 0 Å². The Labute approximate surface area is 251 Å². The largest absolute Gasteiger partial charge is 0.477 e. The van der Waals surface area contributed by atoms with Gasteiger partial charge in [-0.15, -0.1) is 34.8 Å². The van der Waals surface area contributed by atoms with E-state index < -0.39 is 47.4 Å². The quantitative estimate of drug-likeness (QED) is 0.0721. The summed E-state index contributed by atoms with van der Waals surface area (Å²) in [5.41, 5.74) is 5.08. The number of allylic oxidation sites excluding steroid dienone is 1. The van der Waals surface area contributed by atoms with Gasteiger partial charge in [-0.3, -0.25) is 14.5 Å². The first kappa shape index (κ1) is 31.0. The Morgan fingerprint density at radius 1 is 1.38 bits per heavy atom. The van der Waals surface area contributed by atoms with E-state index in [2.05, 4.69) is 37.6 Å². The lowest BCUT2D eigenvalue weighted by atomic mass is 10.0. The van der Waals surface area contributed by atoms with E-state index >= 15 is 0 Å². The highest BCUT2D eigenvalue weighted by atomic mass is 32.2. The van der Waals surface area contributed by atoms with Crippen LogP contribution in [-0.2, 0) is 35.3 Å². The average molecular weight is 638 g/mol. The molecule has 0 aliphatic carbocycles. The van der Waals surface area contributed by atoms with Gasteiger partial charge in [-0.2, -0.15) is 0 Å². The Hall–Kier alpha value is -3.97. The first-order valence-electron chi connectivity index (χ1n) is 12.2. The van der Waals surface area contributed by atoms with E-state index in [9.17, 15) is 24.3 Å². The number of nitrogens with zero attached hydrogens (tertiary/aromatic N) is 7. The predicted molar refractivity (Wildman–Crippen MR) is 153 cm³/mol. The SMILES string of the molecule is C=CCn1nnnc1SCC1=C(C(=O)O)N2C(=O)C(NC(=O)C(=NOCC(=O)OC(C)(C)C)c3csc(N)n3)[C@@H]2SC1. The average Bonchev–Trinajstić information content (AvgIpc) is 3.55. The fourth-order valence-electron chi connectivity index (χ4n) is 3.81. The first-order valence-corrected chi connectivity index (χ1v) is 15.1. The van der Waals surface area contributed by atoms with Gasteiger partial charge in [0.2, 0.25) is 11.8 Å². The van der Waals surface area contributed by atoms with Gasteiger partial charge in [0.05, 0.1) is 6.54 Å². The number of amides is 2. The predicted octanol–water partition coefficient (Wildman–Crippen LogP) is 0.491. The van der Waals surface area contributed by atoms with E-state index in [0.29, 0.717) is 23.0 Å². The molecule has 224 valence electrons. The van der Waals surface area contributed by atoms with Gasteiger partial charge >= 0.3 is 11.9 Å².